The van der Waals surface area contributed by atoms with Crippen molar-refractivity contribution in [1.29, 1.82) is 0 Å². The maximum absolute atomic E-state index is 12.5. The van der Waals surface area contributed by atoms with Gasteiger partial charge in [0.15, 0.2) is 5.82 Å². The summed E-state index contributed by atoms with van der Waals surface area (Å²) in [7, 11) is -9.98. The predicted octanol–water partition coefficient (Wildman–Crippen LogP) is 19.2. The van der Waals surface area contributed by atoms with Gasteiger partial charge in [0, 0.05) is 92.8 Å². The Bertz CT molecular complexity index is 5670. The van der Waals surface area contributed by atoms with Crippen molar-refractivity contribution in [2.75, 3.05) is 110 Å². The maximum Gasteiger partial charge on any atom is 0.534 e. The number of benzene rings is 5. The van der Waals surface area contributed by atoms with Gasteiger partial charge in [-0.25, -0.2) is 29.0 Å². The Morgan fingerprint density at radius 3 is 1.20 bits per heavy atom. The van der Waals surface area contributed by atoms with E-state index < -0.39 is 93.4 Å². The van der Waals surface area contributed by atoms with E-state index in [1.54, 1.807) is 67.9 Å². The zero-order valence-corrected chi connectivity index (χ0v) is 88.3. The first kappa shape index (κ1) is 117. The number of alkyl halides is 9. The Balaban J connectivity index is 0.000000202. The van der Waals surface area contributed by atoms with Crippen molar-refractivity contribution in [3.8, 4) is 11.5 Å². The van der Waals surface area contributed by atoms with Crippen LogP contribution in [0.15, 0.2) is 94.7 Å². The molecule has 5 aromatic carbocycles. The third-order valence-corrected chi connectivity index (χ3v) is 48.0. The number of rotatable bonds is 21. The summed E-state index contributed by atoms with van der Waals surface area (Å²) < 4.78 is 192. The van der Waals surface area contributed by atoms with Crippen molar-refractivity contribution < 1.29 is 108 Å². The van der Waals surface area contributed by atoms with Crippen molar-refractivity contribution in [2.24, 2.45) is 0 Å². The number of amides is 10. The quantitative estimate of drug-likeness (QED) is 0.0144. The van der Waals surface area contributed by atoms with Gasteiger partial charge in [0.2, 0.25) is 0 Å². The normalized spacial score (nSPS) is 17.0. The zero-order valence-electron chi connectivity index (χ0n) is 82.2. The number of hydrogen-bond donors (Lipinski definition) is 8. The standard InChI is InChI=1S/C16H22BN3O2.C16H22N2O.C15H21N3O.C11H11F3N2O4S.C11H14N2O2.C7H3ClF6N2O4S2.C6H11BNO.3C4H9.CH4.Sn/c1-11-8-13(12-4-6-20(7-5-12)17(2)22)9-15-14(11)10-18-16(21)19(15)3;1-11-8-13(12-6-4-3-5-7-12)9-15-14(11)10-17-16(19)18(15)2;1-10-7-12(11-3-5-16-6-4-11)8-14-13(10)9-17-15(19)18(14)2;1-6-3-7(20-21(18,19)11(12,13)14)4-9-8(6)5-15-10(17)16(9)2;1-7-4-8(15-3)5-10-9(7)6-12-11(14)13(10)2;8-4-1-2-5(15-3-4)16(21(17,18)6(9,10)11)22(19,20)7(12,13)14;1-7(9)8-5-3-2-4-6-8;3*1-3-4-2;;/h4,8-9,22H,5-7,10H2,1-3H3,(H,18,21);8-9,12H,3-7,10H2,1-2H3,(H,17,19);7-8,11,16H,3-6,9H2,1-2H3,(H,17,19);3-4H,5H2,1-2H3,(H,15,17);4-5H,6H2,1-3H3,(H,12,14);1-3H;3,9H,4-6H2,1H3;3*1,3-4H2,2H3;1H4;. The molecule has 6 aromatic rings. The minimum absolute atomic E-state index is 0. The molecule has 141 heavy (non-hydrogen) atoms. The van der Waals surface area contributed by atoms with Crippen LogP contribution in [-0.2, 0) is 62.9 Å². The molecule has 0 unspecified atom stereocenters. The van der Waals surface area contributed by atoms with Crippen LogP contribution < -0.4 is 69.0 Å². The fourth-order valence-electron chi connectivity index (χ4n) is 18.4. The van der Waals surface area contributed by atoms with Crippen molar-refractivity contribution in [3.05, 3.63) is 172 Å². The number of piperidine rings is 1. The molecule has 0 spiro atoms. The molecule has 9 heterocycles. The number of nitrogens with zero attached hydrogens (tertiary/aromatic N) is 9. The number of pyridine rings is 1. The first-order valence-electron chi connectivity index (χ1n) is 47.0. The van der Waals surface area contributed by atoms with E-state index in [9.17, 15) is 98.8 Å². The second kappa shape index (κ2) is 50.5. The van der Waals surface area contributed by atoms with Gasteiger partial charge in [-0.2, -0.15) is 64.8 Å². The van der Waals surface area contributed by atoms with Crippen molar-refractivity contribution in [3.63, 3.8) is 0 Å². The largest absolute Gasteiger partial charge is 0.534 e. The number of aryl methyl sites for hydroxylation is 5. The van der Waals surface area contributed by atoms with Gasteiger partial charge in [0.25, 0.3) is 0 Å². The second-order valence-corrected chi connectivity index (χ2v) is 55.5. The van der Waals surface area contributed by atoms with E-state index in [1.807, 2.05) is 48.4 Å². The van der Waals surface area contributed by atoms with Gasteiger partial charge < -0.3 is 50.7 Å². The van der Waals surface area contributed by atoms with Gasteiger partial charge >= 0.3 is 228 Å². The van der Waals surface area contributed by atoms with Crippen LogP contribution >= 0.6 is 11.6 Å². The number of carbonyl (C=O) groups excluding carboxylic acids is 5. The first-order valence-corrected chi connectivity index (χ1v) is 59.1. The number of fused-ring (bicyclic) bond motifs is 5. The van der Waals surface area contributed by atoms with E-state index in [0.29, 0.717) is 67.1 Å². The molecule has 2 fully saturated rings. The van der Waals surface area contributed by atoms with Gasteiger partial charge in [-0.05, 0) is 225 Å². The molecule has 1 aromatic heterocycles. The average Bonchev–Trinajstić information content (AvgIpc) is 0.728. The Morgan fingerprint density at radius 1 is 0.489 bits per heavy atom. The molecule has 0 bridgehead atoms. The molecular weight excluding hydrogens is 2030 g/mol. The number of urea groups is 5. The number of aromatic nitrogens is 1. The fourth-order valence-corrected chi connectivity index (χ4v) is 38.6. The minimum atomic E-state index is -6.93. The molecule has 8 aliphatic heterocycles. The van der Waals surface area contributed by atoms with Crippen molar-refractivity contribution >= 4 is 144 Å². The van der Waals surface area contributed by atoms with E-state index >= 15 is 0 Å². The molecular formula is C95H135B2ClF9N15O15S3Sn. The van der Waals surface area contributed by atoms with E-state index in [0.717, 1.165) is 91.4 Å². The molecule has 46 heteroatoms. The molecule has 0 radical (unpaired) electrons. The minimum Gasteiger partial charge on any atom is -0.497 e. The number of methoxy groups -OCH3 is 1. The van der Waals surface area contributed by atoms with Crippen molar-refractivity contribution in [1.82, 2.24) is 46.5 Å². The first-order chi connectivity index (χ1) is 65.7. The number of carbonyl (C=O) groups is 5. The number of nitrogens with one attached hydrogen (secondary N) is 6. The summed E-state index contributed by atoms with van der Waals surface area (Å²) in [5, 5.41) is 36.7. The molecule has 0 atom stereocenters. The number of halogens is 10. The van der Waals surface area contributed by atoms with Gasteiger partial charge in [0.05, 0.1) is 40.6 Å². The van der Waals surface area contributed by atoms with Gasteiger partial charge in [0.1, 0.15) is 11.5 Å². The monoisotopic (exact) mass is 2170 g/mol. The Hall–Kier alpha value is -9.28. The number of unbranched alkanes of at least 4 members (excludes halogenated alkanes) is 3. The zero-order chi connectivity index (χ0) is 104. The Kier molecular flexibility index (Phi) is 41.9. The van der Waals surface area contributed by atoms with Crippen LogP contribution in [0.4, 0.5) is 97.7 Å². The van der Waals surface area contributed by atoms with E-state index in [2.05, 4.69) is 136 Å². The molecule has 15 rings (SSSR count). The Labute approximate surface area is 833 Å². The van der Waals surface area contributed by atoms with Crippen LogP contribution in [0.1, 0.15) is 209 Å². The van der Waals surface area contributed by atoms with Gasteiger partial charge in [-0.15, -0.1) is 3.71 Å². The van der Waals surface area contributed by atoms with Gasteiger partial charge in [-0.1, -0.05) is 62.6 Å². The third kappa shape index (κ3) is 29.1. The smallest absolute Gasteiger partial charge is 0.497 e. The Morgan fingerprint density at radius 2 is 0.851 bits per heavy atom. The summed E-state index contributed by atoms with van der Waals surface area (Å²) in [4.78, 5) is 73.4. The van der Waals surface area contributed by atoms with Crippen molar-refractivity contribution in [2.45, 2.75) is 247 Å². The van der Waals surface area contributed by atoms with E-state index in [-0.39, 0.29) is 56.2 Å². The van der Waals surface area contributed by atoms with Crippen LogP contribution in [0.25, 0.3) is 5.57 Å². The number of anilines is 6. The molecule has 10 amide bonds. The summed E-state index contributed by atoms with van der Waals surface area (Å²) in [5.41, 5.74) is 2.53. The molecule has 778 valence electrons. The summed E-state index contributed by atoms with van der Waals surface area (Å²) in [6, 6.07) is 19.9. The third-order valence-electron chi connectivity index (χ3n) is 26.8. The van der Waals surface area contributed by atoms with Crippen LogP contribution in [-0.4, -0.2) is 211 Å². The van der Waals surface area contributed by atoms with E-state index in [4.69, 9.17) is 16.3 Å². The average molecular weight is 2170 g/mol. The topological polar surface area (TPSA) is 358 Å². The molecule has 1 saturated carbocycles. The summed E-state index contributed by atoms with van der Waals surface area (Å²) >= 11 is 3.15. The van der Waals surface area contributed by atoms with Gasteiger partial charge in [-0.3, -0.25) is 24.5 Å². The van der Waals surface area contributed by atoms with E-state index in [1.165, 1.54) is 164 Å². The maximum atomic E-state index is 12.5. The second-order valence-electron chi connectivity index (χ2n) is 36.3. The number of ether oxygens (including phenoxy) is 1. The molecule has 1 saturated heterocycles. The summed E-state index contributed by atoms with van der Waals surface area (Å²) in [6.45, 7) is 29.3. The molecule has 8 N–H and O–H groups in total. The number of hydrogen-bond acceptors (Lipinski definition) is 19. The van der Waals surface area contributed by atoms with Crippen LogP contribution in [0, 0.1) is 34.6 Å². The summed E-state index contributed by atoms with van der Waals surface area (Å²) in [5.74, 6) is -0.0308. The molecule has 1 aliphatic carbocycles. The predicted molar refractivity (Wildman–Crippen MR) is 541 cm³/mol. The van der Waals surface area contributed by atoms with Crippen LogP contribution in [0.3, 0.4) is 0 Å². The van der Waals surface area contributed by atoms with Crippen LogP contribution in [0.2, 0.25) is 32.0 Å². The molecule has 9 aliphatic rings. The fraction of sp³-hybridized carbons (Fsp3) is 0.537. The summed E-state index contributed by atoms with van der Waals surface area (Å²) in [6.07, 6.45) is 24.8. The molecule has 30 nitrogen and oxygen atoms in total. The number of sulfonamides is 2. The van der Waals surface area contributed by atoms with Crippen LogP contribution in [0.5, 0.6) is 11.5 Å². The SMILES string of the molecule is C.CB(O)N1CC=C(c2cc(C)c3c(c2)N(C)C(=O)NC3)CC1.CCC[CH2][Sn]([CH2]CCC)([CH2]CCC)[C]1=CCN(B(C)O)CC1.COc1cc(C)c2c(c1)N(C)C(=O)NC2.Cc1cc(C2CCCCC2)cc2c1CNC(=O)N2C.Cc1cc(C2CCNCC2)cc2c1CNC(=O)N2C.Cc1cc(OS(=O)(=O)C(F)(F)F)cc2c1CNC(=O)N2C.O=S(=O)(N(c1ccc(Cl)cn1)S(=O)(=O)C(F)(F)F)C(F)(F)F.